The van der Waals surface area contributed by atoms with Gasteiger partial charge in [0.1, 0.15) is 5.52 Å². The predicted molar refractivity (Wildman–Crippen MR) is 89.8 cm³/mol. The van der Waals surface area contributed by atoms with Crippen molar-refractivity contribution >= 4 is 22.9 Å². The van der Waals surface area contributed by atoms with Crippen LogP contribution in [0.5, 0.6) is 0 Å². The summed E-state index contributed by atoms with van der Waals surface area (Å²) < 4.78 is 1.78. The van der Waals surface area contributed by atoms with Crippen molar-refractivity contribution in [2.24, 2.45) is 0 Å². The van der Waals surface area contributed by atoms with E-state index in [1.54, 1.807) is 4.68 Å². The minimum absolute atomic E-state index is 0.624. The van der Waals surface area contributed by atoms with Gasteiger partial charge in [-0.05, 0) is 43.0 Å². The van der Waals surface area contributed by atoms with Gasteiger partial charge in [0.15, 0.2) is 0 Å². The molecule has 4 rings (SSSR count). The number of hydrogen-bond donors (Lipinski definition) is 0. The van der Waals surface area contributed by atoms with Crippen molar-refractivity contribution in [1.29, 1.82) is 0 Å². The number of aromatic nitrogens is 5. The molecule has 0 aliphatic heterocycles. The molecule has 2 aromatic heterocycles. The lowest BCUT2D eigenvalue weighted by atomic mass is 10.3. The summed E-state index contributed by atoms with van der Waals surface area (Å²) in [4.78, 5) is 5.71. The Morgan fingerprint density at radius 1 is 0.870 bits per heavy atom. The van der Waals surface area contributed by atoms with Crippen LogP contribution in [0.15, 0.2) is 70.7 Å². The summed E-state index contributed by atoms with van der Waals surface area (Å²) in [5, 5.41) is 13.8. The molecule has 23 heavy (non-hydrogen) atoms. The van der Waals surface area contributed by atoms with E-state index in [0.29, 0.717) is 10.8 Å². The summed E-state index contributed by atoms with van der Waals surface area (Å²) in [6.07, 6.45) is 0. The van der Waals surface area contributed by atoms with Crippen molar-refractivity contribution in [3.63, 3.8) is 0 Å². The quantitative estimate of drug-likeness (QED) is 0.576. The van der Waals surface area contributed by atoms with E-state index < -0.39 is 0 Å². The van der Waals surface area contributed by atoms with Crippen LogP contribution < -0.4 is 0 Å². The van der Waals surface area contributed by atoms with Gasteiger partial charge >= 0.3 is 0 Å². The Kier molecular flexibility index (Phi) is 3.51. The first-order valence-corrected chi connectivity index (χ1v) is 8.01. The van der Waals surface area contributed by atoms with Crippen molar-refractivity contribution in [3.8, 4) is 5.69 Å². The molecule has 5 nitrogen and oxygen atoms in total. The molecule has 4 aromatic rings. The number of fused-ring (bicyclic) bond motifs is 1. The number of para-hydroxylation sites is 1. The molecule has 0 saturated heterocycles. The van der Waals surface area contributed by atoms with Gasteiger partial charge in [-0.2, -0.15) is 5.10 Å². The van der Waals surface area contributed by atoms with E-state index >= 15 is 0 Å². The van der Waals surface area contributed by atoms with E-state index in [0.717, 1.165) is 21.8 Å². The normalized spacial score (nSPS) is 11.0. The first-order chi connectivity index (χ1) is 11.3. The van der Waals surface area contributed by atoms with E-state index in [1.165, 1.54) is 11.8 Å². The summed E-state index contributed by atoms with van der Waals surface area (Å²) in [7, 11) is 0. The Morgan fingerprint density at radius 3 is 2.30 bits per heavy atom. The number of hydrogen-bond acceptors (Lipinski definition) is 5. The molecule has 0 saturated carbocycles. The molecule has 0 aliphatic carbocycles. The van der Waals surface area contributed by atoms with Gasteiger partial charge in [0.25, 0.3) is 0 Å². The highest BCUT2D eigenvalue weighted by Gasteiger charge is 2.14. The summed E-state index contributed by atoms with van der Waals surface area (Å²) in [5.74, 6) is 0. The maximum Gasteiger partial charge on any atom is 0.214 e. The Balaban J connectivity index is 1.77. The average Bonchev–Trinajstić information content (AvgIpc) is 2.93. The second-order valence-corrected chi connectivity index (χ2v) is 6.06. The highest BCUT2D eigenvalue weighted by Crippen LogP contribution is 2.26. The Morgan fingerprint density at radius 2 is 1.57 bits per heavy atom. The molecule has 6 heteroatoms. The average molecular weight is 319 g/mol. The third-order valence-electron chi connectivity index (χ3n) is 3.40. The fourth-order valence-corrected chi connectivity index (χ4v) is 3.04. The molecule has 2 aromatic carbocycles. The Bertz CT molecular complexity index is 951. The van der Waals surface area contributed by atoms with Crippen LogP contribution in [0.4, 0.5) is 0 Å². The monoisotopic (exact) mass is 319 g/mol. The second-order valence-electron chi connectivity index (χ2n) is 5.01. The van der Waals surface area contributed by atoms with Gasteiger partial charge in [-0.25, -0.2) is 9.67 Å². The molecule has 0 unspecified atom stereocenters. The van der Waals surface area contributed by atoms with Crippen molar-refractivity contribution in [2.45, 2.75) is 17.0 Å². The zero-order chi connectivity index (χ0) is 15.6. The standard InChI is InChI=1S/C17H13N5S/c1-12-15-16(22(21-12)13-8-4-2-5-9-13)19-20-17(18-15)23-14-10-6-3-7-11-14/h2-11H,1H3. The molecule has 0 radical (unpaired) electrons. The first-order valence-electron chi connectivity index (χ1n) is 7.19. The van der Waals surface area contributed by atoms with Gasteiger partial charge in [-0.15, -0.1) is 10.2 Å². The minimum atomic E-state index is 0.624. The fraction of sp³-hybridized carbons (Fsp3) is 0.0588. The zero-order valence-corrected chi connectivity index (χ0v) is 13.2. The molecular weight excluding hydrogens is 306 g/mol. The highest BCUT2D eigenvalue weighted by atomic mass is 32.2. The lowest BCUT2D eigenvalue weighted by molar-refractivity contribution is 0.833. The lowest BCUT2D eigenvalue weighted by Crippen LogP contribution is -1.99. The zero-order valence-electron chi connectivity index (χ0n) is 12.4. The van der Waals surface area contributed by atoms with Crippen molar-refractivity contribution in [2.75, 3.05) is 0 Å². The summed E-state index contributed by atoms with van der Waals surface area (Å²) >= 11 is 1.49. The number of benzene rings is 2. The van der Waals surface area contributed by atoms with E-state index in [-0.39, 0.29) is 0 Å². The maximum atomic E-state index is 4.62. The number of nitrogens with zero attached hydrogens (tertiary/aromatic N) is 5. The van der Waals surface area contributed by atoms with Gasteiger partial charge in [0, 0.05) is 4.90 Å². The summed E-state index contributed by atoms with van der Waals surface area (Å²) in [5.41, 5.74) is 3.24. The lowest BCUT2D eigenvalue weighted by Gasteiger charge is -2.02. The van der Waals surface area contributed by atoms with E-state index in [4.69, 9.17) is 0 Å². The molecule has 0 atom stereocenters. The maximum absolute atomic E-state index is 4.62. The van der Waals surface area contributed by atoms with Crippen LogP contribution in [0, 0.1) is 6.92 Å². The summed E-state index contributed by atoms with van der Waals surface area (Å²) in [6.45, 7) is 1.94. The first kappa shape index (κ1) is 13.9. The molecule has 112 valence electrons. The van der Waals surface area contributed by atoms with Crippen molar-refractivity contribution in [3.05, 3.63) is 66.4 Å². The van der Waals surface area contributed by atoms with Crippen LogP contribution in [0.2, 0.25) is 0 Å². The minimum Gasteiger partial charge on any atom is -0.215 e. The highest BCUT2D eigenvalue weighted by molar-refractivity contribution is 7.99. The van der Waals surface area contributed by atoms with Crippen LogP contribution >= 0.6 is 11.8 Å². The topological polar surface area (TPSA) is 56.5 Å². The van der Waals surface area contributed by atoms with Gasteiger partial charge in [0.05, 0.1) is 11.4 Å². The van der Waals surface area contributed by atoms with E-state index in [9.17, 15) is 0 Å². The Hall–Kier alpha value is -2.73. The number of rotatable bonds is 3. The Labute approximate surface area is 137 Å². The van der Waals surface area contributed by atoms with Crippen LogP contribution in [-0.4, -0.2) is 25.0 Å². The predicted octanol–water partition coefficient (Wildman–Crippen LogP) is 3.67. The molecule has 0 fully saturated rings. The SMILES string of the molecule is Cc1nn(-c2ccccc2)c2nnc(Sc3ccccc3)nc12. The molecule has 0 spiro atoms. The van der Waals surface area contributed by atoms with Gasteiger partial charge < -0.3 is 0 Å². The van der Waals surface area contributed by atoms with Crippen molar-refractivity contribution in [1.82, 2.24) is 25.0 Å². The van der Waals surface area contributed by atoms with Gasteiger partial charge in [-0.1, -0.05) is 36.4 Å². The van der Waals surface area contributed by atoms with Gasteiger partial charge in [-0.3, -0.25) is 0 Å². The fourth-order valence-electron chi connectivity index (χ4n) is 2.32. The number of aryl methyl sites for hydroxylation is 1. The molecule has 0 bridgehead atoms. The third-order valence-corrected chi connectivity index (χ3v) is 4.26. The molecule has 2 heterocycles. The largest absolute Gasteiger partial charge is 0.215 e. The van der Waals surface area contributed by atoms with Gasteiger partial charge in [0.2, 0.25) is 10.8 Å². The summed E-state index contributed by atoms with van der Waals surface area (Å²) in [6, 6.07) is 19.9. The van der Waals surface area contributed by atoms with Crippen LogP contribution in [-0.2, 0) is 0 Å². The second kappa shape index (κ2) is 5.81. The third kappa shape index (κ3) is 2.68. The van der Waals surface area contributed by atoms with Crippen LogP contribution in [0.3, 0.4) is 0 Å². The van der Waals surface area contributed by atoms with Crippen LogP contribution in [0.25, 0.3) is 16.9 Å². The van der Waals surface area contributed by atoms with Crippen LogP contribution in [0.1, 0.15) is 5.69 Å². The molecule has 0 amide bonds. The smallest absolute Gasteiger partial charge is 0.214 e. The van der Waals surface area contributed by atoms with E-state index in [1.807, 2.05) is 67.6 Å². The molecular formula is C17H13N5S. The molecule has 0 aliphatic rings. The van der Waals surface area contributed by atoms with E-state index in [2.05, 4.69) is 20.3 Å². The molecule has 0 N–H and O–H groups in total. The van der Waals surface area contributed by atoms with Crippen molar-refractivity contribution < 1.29 is 0 Å².